The fourth-order valence-electron chi connectivity index (χ4n) is 2.34. The Morgan fingerprint density at radius 1 is 1.00 bits per heavy atom. The summed E-state index contributed by atoms with van der Waals surface area (Å²) in [5, 5.41) is 0. The van der Waals surface area contributed by atoms with Crippen LogP contribution in [0.4, 0.5) is 0 Å². The molecule has 0 aliphatic carbocycles. The number of sulfonamides is 1. The van der Waals surface area contributed by atoms with E-state index in [4.69, 9.17) is 4.74 Å². The molecule has 2 rings (SSSR count). The van der Waals surface area contributed by atoms with Gasteiger partial charge in [0.05, 0.1) is 12.0 Å². The lowest BCUT2D eigenvalue weighted by Crippen LogP contribution is -2.35. The summed E-state index contributed by atoms with van der Waals surface area (Å²) in [5.74, 6) is 0.619. The Kier molecular flexibility index (Phi) is 10.1. The van der Waals surface area contributed by atoms with Gasteiger partial charge in [0.25, 0.3) is 0 Å². The fourth-order valence-corrected chi connectivity index (χ4v) is 4.09. The van der Waals surface area contributed by atoms with Gasteiger partial charge >= 0.3 is 0 Å². The zero-order valence-electron chi connectivity index (χ0n) is 14.8. The second kappa shape index (κ2) is 10.6. The lowest BCUT2D eigenvalue weighted by atomic mass is 10.2. The summed E-state index contributed by atoms with van der Waals surface area (Å²) in [5.41, 5.74) is 0.686. The van der Waals surface area contributed by atoms with Crippen molar-refractivity contribution in [1.29, 1.82) is 0 Å². The molecule has 128 valence electrons. The van der Waals surface area contributed by atoms with Crippen LogP contribution < -0.4 is 4.74 Å². The summed E-state index contributed by atoms with van der Waals surface area (Å²) < 4.78 is 31.9. The molecular weight excluding hydrogens is 298 g/mol. The maximum absolute atomic E-state index is 12.5. The molecule has 0 amide bonds. The minimum Gasteiger partial charge on any atom is -0.496 e. The van der Waals surface area contributed by atoms with E-state index in [9.17, 15) is 8.42 Å². The lowest BCUT2D eigenvalue weighted by Gasteiger charge is -2.26. The van der Waals surface area contributed by atoms with Crippen LogP contribution in [0.1, 0.15) is 52.5 Å². The van der Waals surface area contributed by atoms with E-state index in [1.807, 2.05) is 27.7 Å². The van der Waals surface area contributed by atoms with Crippen LogP contribution in [0.15, 0.2) is 23.1 Å². The van der Waals surface area contributed by atoms with Gasteiger partial charge in [-0.2, -0.15) is 4.31 Å². The first-order chi connectivity index (χ1) is 10.6. The maximum Gasteiger partial charge on any atom is 0.243 e. The standard InChI is InChI=1S/C13H19NO3S.2C2H6/c1-11-12(17-2)7-6-8-13(11)18(15,16)14-9-4-3-5-10-14;2*1-2/h6-8H,3-5,9-10H2,1-2H3;2*1-2H3. The summed E-state index contributed by atoms with van der Waals surface area (Å²) in [6, 6.07) is 5.16. The van der Waals surface area contributed by atoms with Crippen molar-refractivity contribution in [3.8, 4) is 5.75 Å². The number of hydrogen-bond donors (Lipinski definition) is 0. The molecule has 1 saturated heterocycles. The van der Waals surface area contributed by atoms with Crippen LogP contribution in [0.3, 0.4) is 0 Å². The molecular formula is C17H31NO3S. The Labute approximate surface area is 136 Å². The van der Waals surface area contributed by atoms with Crippen LogP contribution in [0.5, 0.6) is 5.75 Å². The molecule has 1 aromatic rings. The van der Waals surface area contributed by atoms with Gasteiger partial charge < -0.3 is 4.74 Å². The van der Waals surface area contributed by atoms with Crippen molar-refractivity contribution in [1.82, 2.24) is 4.31 Å². The largest absolute Gasteiger partial charge is 0.496 e. The van der Waals surface area contributed by atoms with E-state index in [0.717, 1.165) is 19.3 Å². The van der Waals surface area contributed by atoms with Crippen molar-refractivity contribution in [3.05, 3.63) is 23.8 Å². The number of hydrogen-bond acceptors (Lipinski definition) is 3. The van der Waals surface area contributed by atoms with Gasteiger partial charge in [-0.25, -0.2) is 8.42 Å². The molecule has 4 nitrogen and oxygen atoms in total. The zero-order valence-corrected chi connectivity index (χ0v) is 15.7. The zero-order chi connectivity index (χ0) is 17.2. The lowest BCUT2D eigenvalue weighted by molar-refractivity contribution is 0.346. The van der Waals surface area contributed by atoms with E-state index < -0.39 is 10.0 Å². The van der Waals surface area contributed by atoms with E-state index >= 15 is 0 Å². The average Bonchev–Trinajstić information content (AvgIpc) is 2.59. The summed E-state index contributed by atoms with van der Waals surface area (Å²) in [6.07, 6.45) is 3.01. The highest BCUT2D eigenvalue weighted by atomic mass is 32.2. The fraction of sp³-hybridized carbons (Fsp3) is 0.647. The molecule has 5 heteroatoms. The van der Waals surface area contributed by atoms with Crippen LogP contribution in [-0.2, 0) is 10.0 Å². The molecule has 0 atom stereocenters. The predicted molar refractivity (Wildman–Crippen MR) is 93.0 cm³/mol. The minimum atomic E-state index is -3.37. The van der Waals surface area contributed by atoms with Crippen LogP contribution >= 0.6 is 0 Å². The summed E-state index contributed by atoms with van der Waals surface area (Å²) in [7, 11) is -1.82. The molecule has 0 saturated carbocycles. The van der Waals surface area contributed by atoms with Gasteiger partial charge in [0.1, 0.15) is 5.75 Å². The number of rotatable bonds is 3. The smallest absolute Gasteiger partial charge is 0.243 e. The number of nitrogens with zero attached hydrogens (tertiary/aromatic N) is 1. The molecule has 1 aliphatic rings. The predicted octanol–water partition coefficient (Wildman–Crippen LogP) is 4.23. The molecule has 1 fully saturated rings. The molecule has 1 aromatic carbocycles. The van der Waals surface area contributed by atoms with Crippen molar-refractivity contribution in [2.45, 2.75) is 58.8 Å². The number of piperidine rings is 1. The molecule has 0 unspecified atom stereocenters. The first-order valence-electron chi connectivity index (χ1n) is 8.21. The average molecular weight is 330 g/mol. The quantitative estimate of drug-likeness (QED) is 0.833. The van der Waals surface area contributed by atoms with Crippen molar-refractivity contribution in [2.24, 2.45) is 0 Å². The van der Waals surface area contributed by atoms with E-state index in [1.54, 1.807) is 36.5 Å². The Morgan fingerprint density at radius 2 is 1.55 bits per heavy atom. The SMILES string of the molecule is CC.CC.COc1cccc(S(=O)(=O)N2CCCCC2)c1C. The van der Waals surface area contributed by atoms with Crippen molar-refractivity contribution >= 4 is 10.0 Å². The molecule has 1 heterocycles. The summed E-state index contributed by atoms with van der Waals surface area (Å²) in [6.45, 7) is 11.0. The van der Waals surface area contributed by atoms with E-state index in [-0.39, 0.29) is 0 Å². The van der Waals surface area contributed by atoms with Gasteiger partial charge in [0.15, 0.2) is 0 Å². The number of methoxy groups -OCH3 is 1. The van der Waals surface area contributed by atoms with Gasteiger partial charge in [0.2, 0.25) is 10.0 Å². The third-order valence-corrected chi connectivity index (χ3v) is 5.43. The van der Waals surface area contributed by atoms with Gasteiger partial charge in [0, 0.05) is 18.7 Å². The van der Waals surface area contributed by atoms with E-state index in [1.165, 1.54) is 0 Å². The van der Waals surface area contributed by atoms with Crippen LogP contribution in [0, 0.1) is 6.92 Å². The molecule has 0 aromatic heterocycles. The molecule has 0 bridgehead atoms. The summed E-state index contributed by atoms with van der Waals surface area (Å²) in [4.78, 5) is 0.365. The second-order valence-electron chi connectivity index (χ2n) is 4.55. The first kappa shape index (κ1) is 20.9. The van der Waals surface area contributed by atoms with Crippen LogP contribution in [-0.4, -0.2) is 32.9 Å². The second-order valence-corrected chi connectivity index (χ2v) is 6.45. The number of benzene rings is 1. The highest BCUT2D eigenvalue weighted by molar-refractivity contribution is 7.89. The molecule has 1 aliphatic heterocycles. The Hall–Kier alpha value is -1.07. The highest BCUT2D eigenvalue weighted by Crippen LogP contribution is 2.28. The van der Waals surface area contributed by atoms with E-state index in [0.29, 0.717) is 29.3 Å². The monoisotopic (exact) mass is 329 g/mol. The van der Waals surface area contributed by atoms with Crippen LogP contribution in [0.25, 0.3) is 0 Å². The minimum absolute atomic E-state index is 0.365. The van der Waals surface area contributed by atoms with Crippen LogP contribution in [0.2, 0.25) is 0 Å². The Morgan fingerprint density at radius 3 is 2.05 bits per heavy atom. The van der Waals surface area contributed by atoms with Crippen molar-refractivity contribution in [3.63, 3.8) is 0 Å². The summed E-state index contributed by atoms with van der Waals surface area (Å²) >= 11 is 0. The molecule has 0 radical (unpaired) electrons. The van der Waals surface area contributed by atoms with E-state index in [2.05, 4.69) is 0 Å². The van der Waals surface area contributed by atoms with Crippen molar-refractivity contribution in [2.75, 3.05) is 20.2 Å². The third kappa shape index (κ3) is 4.99. The third-order valence-electron chi connectivity index (χ3n) is 3.39. The molecule has 22 heavy (non-hydrogen) atoms. The van der Waals surface area contributed by atoms with Gasteiger partial charge in [-0.3, -0.25) is 0 Å². The van der Waals surface area contributed by atoms with Crippen molar-refractivity contribution < 1.29 is 13.2 Å². The normalized spacial score (nSPS) is 15.0. The molecule has 0 spiro atoms. The van der Waals surface area contributed by atoms with Gasteiger partial charge in [-0.05, 0) is 31.9 Å². The highest BCUT2D eigenvalue weighted by Gasteiger charge is 2.27. The Bertz CT molecular complexity index is 521. The van der Waals surface area contributed by atoms with Gasteiger partial charge in [-0.1, -0.05) is 40.2 Å². The molecule has 0 N–H and O–H groups in total. The first-order valence-corrected chi connectivity index (χ1v) is 9.65. The maximum atomic E-state index is 12.5. The topological polar surface area (TPSA) is 46.6 Å². The number of ether oxygens (including phenoxy) is 1. The Balaban J connectivity index is 0.00000102. The van der Waals surface area contributed by atoms with Gasteiger partial charge in [-0.15, -0.1) is 0 Å².